The van der Waals surface area contributed by atoms with Crippen molar-refractivity contribution in [2.75, 3.05) is 6.54 Å². The third-order valence-electron chi connectivity index (χ3n) is 2.74. The quantitative estimate of drug-likeness (QED) is 0.684. The molecular weight excluding hydrogens is 228 g/mol. The van der Waals surface area contributed by atoms with Gasteiger partial charge in [-0.15, -0.1) is 0 Å². The Labute approximate surface area is 108 Å². The lowest BCUT2D eigenvalue weighted by Crippen LogP contribution is -2.28. The van der Waals surface area contributed by atoms with Gasteiger partial charge < -0.3 is 16.2 Å². The number of benzene rings is 1. The number of hydrogen-bond donors (Lipinski definition) is 3. The van der Waals surface area contributed by atoms with E-state index in [9.17, 15) is 9.90 Å². The zero-order valence-corrected chi connectivity index (χ0v) is 10.8. The fourth-order valence-electron chi connectivity index (χ4n) is 1.68. The number of hydrogen-bond acceptors (Lipinski definition) is 3. The lowest BCUT2D eigenvalue weighted by molar-refractivity contribution is -0.121. The number of nitrogens with one attached hydrogen (secondary N) is 1. The van der Waals surface area contributed by atoms with Crippen LogP contribution in [0.3, 0.4) is 0 Å². The molecule has 0 bridgehead atoms. The molecule has 1 aromatic carbocycles. The smallest absolute Gasteiger partial charge is 0.220 e. The monoisotopic (exact) mass is 250 g/mol. The Morgan fingerprint density at radius 1 is 1.39 bits per heavy atom. The number of aliphatic hydroxyl groups is 1. The summed E-state index contributed by atoms with van der Waals surface area (Å²) in [5, 5.41) is 12.6. The molecule has 0 aliphatic rings. The number of carbonyl (C=O) groups is 1. The molecule has 0 aromatic heterocycles. The Bertz CT molecular complexity index is 352. The molecule has 4 nitrogen and oxygen atoms in total. The van der Waals surface area contributed by atoms with E-state index in [-0.39, 0.29) is 18.5 Å². The van der Waals surface area contributed by atoms with Crippen molar-refractivity contribution < 1.29 is 9.90 Å². The zero-order chi connectivity index (χ0) is 13.4. The summed E-state index contributed by atoms with van der Waals surface area (Å²) < 4.78 is 0. The fraction of sp³-hybridized carbons (Fsp3) is 0.500. The Hall–Kier alpha value is -1.39. The molecule has 0 radical (unpaired) electrons. The summed E-state index contributed by atoms with van der Waals surface area (Å²) in [5.74, 6) is -0.0365. The molecule has 0 aliphatic heterocycles. The largest absolute Gasteiger partial charge is 0.387 e. The van der Waals surface area contributed by atoms with Gasteiger partial charge in [0.25, 0.3) is 0 Å². The van der Waals surface area contributed by atoms with E-state index in [4.69, 9.17) is 5.73 Å². The Morgan fingerprint density at radius 3 is 2.67 bits per heavy atom. The number of carbonyl (C=O) groups excluding carboxylic acids is 1. The van der Waals surface area contributed by atoms with Crippen molar-refractivity contribution in [1.29, 1.82) is 0 Å². The molecule has 1 rings (SSSR count). The Morgan fingerprint density at radius 2 is 2.06 bits per heavy atom. The van der Waals surface area contributed by atoms with Gasteiger partial charge in [-0.3, -0.25) is 4.79 Å². The second-order valence-corrected chi connectivity index (χ2v) is 4.60. The van der Waals surface area contributed by atoms with E-state index >= 15 is 0 Å². The minimum absolute atomic E-state index is 0.0365. The minimum Gasteiger partial charge on any atom is -0.387 e. The molecule has 4 heteroatoms. The zero-order valence-electron chi connectivity index (χ0n) is 10.8. The van der Waals surface area contributed by atoms with Crippen LogP contribution in [-0.4, -0.2) is 23.6 Å². The third-order valence-corrected chi connectivity index (χ3v) is 2.74. The summed E-state index contributed by atoms with van der Waals surface area (Å²) in [4.78, 5) is 11.5. The van der Waals surface area contributed by atoms with E-state index in [1.807, 2.05) is 37.3 Å². The predicted octanol–water partition coefficient (Wildman–Crippen LogP) is 1.35. The molecule has 0 fully saturated rings. The van der Waals surface area contributed by atoms with Crippen LogP contribution < -0.4 is 11.1 Å². The fourth-order valence-corrected chi connectivity index (χ4v) is 1.68. The number of amides is 1. The average Bonchev–Trinajstić information content (AvgIpc) is 2.36. The van der Waals surface area contributed by atoms with Gasteiger partial charge in [-0.25, -0.2) is 0 Å². The molecule has 0 aliphatic carbocycles. The molecule has 0 spiro atoms. The van der Waals surface area contributed by atoms with Crippen LogP contribution in [0.2, 0.25) is 0 Å². The molecular formula is C14H22N2O2. The van der Waals surface area contributed by atoms with Crippen LogP contribution in [0.4, 0.5) is 0 Å². The first-order valence-corrected chi connectivity index (χ1v) is 6.35. The van der Waals surface area contributed by atoms with E-state index in [0.717, 1.165) is 18.4 Å². The SMILES string of the molecule is CC(N)CCCC(=O)NCC(O)c1ccccc1. The summed E-state index contributed by atoms with van der Waals surface area (Å²) >= 11 is 0. The maximum Gasteiger partial charge on any atom is 0.220 e. The number of aliphatic hydroxyl groups excluding tert-OH is 1. The highest BCUT2D eigenvalue weighted by Crippen LogP contribution is 2.10. The highest BCUT2D eigenvalue weighted by molar-refractivity contribution is 5.75. The molecule has 18 heavy (non-hydrogen) atoms. The van der Waals surface area contributed by atoms with Crippen LogP contribution in [0.25, 0.3) is 0 Å². The van der Waals surface area contributed by atoms with Gasteiger partial charge in [0.2, 0.25) is 5.91 Å². The van der Waals surface area contributed by atoms with Crippen LogP contribution in [0.15, 0.2) is 30.3 Å². The molecule has 2 atom stereocenters. The van der Waals surface area contributed by atoms with Crippen LogP contribution >= 0.6 is 0 Å². The normalized spacial score (nSPS) is 13.9. The van der Waals surface area contributed by atoms with E-state index in [0.29, 0.717) is 6.42 Å². The van der Waals surface area contributed by atoms with E-state index < -0.39 is 6.10 Å². The average molecular weight is 250 g/mol. The van der Waals surface area contributed by atoms with Crippen LogP contribution in [0.5, 0.6) is 0 Å². The summed E-state index contributed by atoms with van der Waals surface area (Å²) in [7, 11) is 0. The van der Waals surface area contributed by atoms with Crippen molar-refractivity contribution in [3.63, 3.8) is 0 Å². The lowest BCUT2D eigenvalue weighted by atomic mass is 10.1. The van der Waals surface area contributed by atoms with Gasteiger partial charge in [-0.05, 0) is 25.3 Å². The molecule has 0 saturated heterocycles. The minimum atomic E-state index is -0.649. The molecule has 2 unspecified atom stereocenters. The van der Waals surface area contributed by atoms with Crippen molar-refractivity contribution in [2.45, 2.75) is 38.3 Å². The lowest BCUT2D eigenvalue weighted by Gasteiger charge is -2.12. The van der Waals surface area contributed by atoms with Gasteiger partial charge in [0, 0.05) is 19.0 Å². The van der Waals surface area contributed by atoms with Crippen molar-refractivity contribution in [2.24, 2.45) is 5.73 Å². The molecule has 1 aromatic rings. The Kier molecular flexibility index (Phi) is 6.39. The van der Waals surface area contributed by atoms with Gasteiger partial charge in [-0.2, -0.15) is 0 Å². The van der Waals surface area contributed by atoms with Crippen LogP contribution in [-0.2, 0) is 4.79 Å². The summed E-state index contributed by atoms with van der Waals surface area (Å²) in [6.45, 7) is 2.18. The van der Waals surface area contributed by atoms with Gasteiger partial charge in [0.15, 0.2) is 0 Å². The highest BCUT2D eigenvalue weighted by atomic mass is 16.3. The Balaban J connectivity index is 2.22. The molecule has 4 N–H and O–H groups in total. The van der Waals surface area contributed by atoms with E-state index in [2.05, 4.69) is 5.32 Å². The number of rotatable bonds is 7. The first-order chi connectivity index (χ1) is 8.59. The van der Waals surface area contributed by atoms with E-state index in [1.54, 1.807) is 0 Å². The molecule has 1 amide bonds. The van der Waals surface area contributed by atoms with Crippen LogP contribution in [0.1, 0.15) is 37.9 Å². The van der Waals surface area contributed by atoms with Crippen molar-refractivity contribution in [3.8, 4) is 0 Å². The molecule has 0 saturated carbocycles. The number of nitrogens with two attached hydrogens (primary N) is 1. The van der Waals surface area contributed by atoms with E-state index in [1.165, 1.54) is 0 Å². The first-order valence-electron chi connectivity index (χ1n) is 6.35. The standard InChI is InChI=1S/C14H22N2O2/c1-11(15)6-5-9-14(18)16-10-13(17)12-7-3-2-4-8-12/h2-4,7-8,11,13,17H,5-6,9-10,15H2,1H3,(H,16,18). The van der Waals surface area contributed by atoms with Gasteiger partial charge in [-0.1, -0.05) is 30.3 Å². The van der Waals surface area contributed by atoms with Gasteiger partial charge >= 0.3 is 0 Å². The maximum absolute atomic E-state index is 11.5. The summed E-state index contributed by atoms with van der Waals surface area (Å²) in [6.07, 6.45) is 1.44. The van der Waals surface area contributed by atoms with Crippen LogP contribution in [0, 0.1) is 0 Å². The predicted molar refractivity (Wildman–Crippen MR) is 71.9 cm³/mol. The first kappa shape index (κ1) is 14.7. The topological polar surface area (TPSA) is 75.4 Å². The van der Waals surface area contributed by atoms with Crippen molar-refractivity contribution in [1.82, 2.24) is 5.32 Å². The molecule has 100 valence electrons. The molecule has 0 heterocycles. The highest BCUT2D eigenvalue weighted by Gasteiger charge is 2.08. The maximum atomic E-state index is 11.5. The van der Waals surface area contributed by atoms with Gasteiger partial charge in [0.05, 0.1) is 6.10 Å². The van der Waals surface area contributed by atoms with Gasteiger partial charge in [0.1, 0.15) is 0 Å². The summed E-state index contributed by atoms with van der Waals surface area (Å²) in [6, 6.07) is 9.43. The summed E-state index contributed by atoms with van der Waals surface area (Å²) in [5.41, 5.74) is 6.42. The van der Waals surface area contributed by atoms with Crippen molar-refractivity contribution in [3.05, 3.63) is 35.9 Å². The van der Waals surface area contributed by atoms with Crippen molar-refractivity contribution >= 4 is 5.91 Å². The second-order valence-electron chi connectivity index (χ2n) is 4.60. The third kappa shape index (κ3) is 5.80. The second kappa shape index (κ2) is 7.84.